The number of esters is 2. The highest BCUT2D eigenvalue weighted by molar-refractivity contribution is 6.95. The summed E-state index contributed by atoms with van der Waals surface area (Å²) in [6.45, 7) is 2.24. The number of methoxy groups -OCH3 is 2. The standard InChI is InChI=1S/C16H20O4Si/c1-19-15(17)14(16(18)20-2)12-9-10-21(3,11-12)13-7-5-4-6-8-13/h4-10,12,14H,11H2,1-3H3/t12-,21-/m1/s1. The van der Waals surface area contributed by atoms with E-state index in [1.54, 1.807) is 0 Å². The van der Waals surface area contributed by atoms with E-state index in [2.05, 4.69) is 24.4 Å². The van der Waals surface area contributed by atoms with Gasteiger partial charge in [0.05, 0.1) is 14.2 Å². The zero-order chi connectivity index (χ0) is 15.5. The third-order valence-corrected chi connectivity index (χ3v) is 8.04. The molecule has 0 aromatic heterocycles. The summed E-state index contributed by atoms with van der Waals surface area (Å²) in [4.78, 5) is 23.8. The quantitative estimate of drug-likeness (QED) is 0.482. The average molecular weight is 304 g/mol. The Balaban J connectivity index is 2.23. The van der Waals surface area contributed by atoms with Crippen LogP contribution in [0.25, 0.3) is 0 Å². The molecule has 1 aromatic carbocycles. The van der Waals surface area contributed by atoms with Gasteiger partial charge in [0.15, 0.2) is 5.92 Å². The van der Waals surface area contributed by atoms with Crippen molar-refractivity contribution < 1.29 is 19.1 Å². The maximum absolute atomic E-state index is 11.9. The van der Waals surface area contributed by atoms with E-state index in [1.165, 1.54) is 19.4 Å². The van der Waals surface area contributed by atoms with Crippen LogP contribution in [-0.4, -0.2) is 34.2 Å². The van der Waals surface area contributed by atoms with Crippen molar-refractivity contribution in [1.82, 2.24) is 0 Å². The molecule has 112 valence electrons. The van der Waals surface area contributed by atoms with Gasteiger partial charge in [-0.2, -0.15) is 0 Å². The summed E-state index contributed by atoms with van der Waals surface area (Å²) in [5.41, 5.74) is 2.20. The second kappa shape index (κ2) is 6.26. The average Bonchev–Trinajstić information content (AvgIpc) is 2.91. The molecule has 1 aliphatic heterocycles. The van der Waals surface area contributed by atoms with E-state index >= 15 is 0 Å². The third-order valence-electron chi connectivity index (χ3n) is 4.14. The van der Waals surface area contributed by atoms with Gasteiger partial charge in [0.1, 0.15) is 8.07 Å². The van der Waals surface area contributed by atoms with Crippen molar-refractivity contribution in [2.45, 2.75) is 12.6 Å². The highest BCUT2D eigenvalue weighted by Crippen LogP contribution is 2.33. The first-order chi connectivity index (χ1) is 10.0. The smallest absolute Gasteiger partial charge is 0.320 e. The molecule has 21 heavy (non-hydrogen) atoms. The van der Waals surface area contributed by atoms with E-state index in [0.29, 0.717) is 0 Å². The molecule has 0 radical (unpaired) electrons. The summed E-state index contributed by atoms with van der Waals surface area (Å²) < 4.78 is 9.53. The van der Waals surface area contributed by atoms with E-state index < -0.39 is 25.9 Å². The molecule has 1 aromatic rings. The Hall–Kier alpha value is -1.88. The minimum absolute atomic E-state index is 0.151. The van der Waals surface area contributed by atoms with Crippen LogP contribution in [-0.2, 0) is 19.1 Å². The molecular formula is C16H20O4Si. The second-order valence-corrected chi connectivity index (χ2v) is 9.69. The number of rotatable bonds is 4. The van der Waals surface area contributed by atoms with Crippen LogP contribution in [0.2, 0.25) is 12.6 Å². The number of carbonyl (C=O) groups is 2. The lowest BCUT2D eigenvalue weighted by molar-refractivity contribution is -0.160. The highest BCUT2D eigenvalue weighted by Gasteiger charge is 2.43. The maximum atomic E-state index is 11.9. The molecule has 0 saturated carbocycles. The van der Waals surface area contributed by atoms with Crippen molar-refractivity contribution in [3.05, 3.63) is 42.1 Å². The second-order valence-electron chi connectivity index (χ2n) is 5.53. The van der Waals surface area contributed by atoms with Crippen LogP contribution in [0.3, 0.4) is 0 Å². The fourth-order valence-electron chi connectivity index (χ4n) is 2.92. The molecule has 0 fully saturated rings. The SMILES string of the molecule is COC(=O)C(C(=O)OC)[C@@H]1C=C[Si@@](C)(c2ccccc2)C1. The molecule has 5 heteroatoms. The molecule has 1 heterocycles. The Bertz CT molecular complexity index is 539. The van der Waals surface area contributed by atoms with Crippen LogP contribution in [0.4, 0.5) is 0 Å². The van der Waals surface area contributed by atoms with Crippen molar-refractivity contribution in [3.8, 4) is 0 Å². The number of hydrogen-bond donors (Lipinski definition) is 0. The lowest BCUT2D eigenvalue weighted by Crippen LogP contribution is -2.43. The first-order valence-corrected chi connectivity index (χ1v) is 9.71. The van der Waals surface area contributed by atoms with Gasteiger partial charge in [0.25, 0.3) is 0 Å². The van der Waals surface area contributed by atoms with Gasteiger partial charge in [-0.1, -0.05) is 53.8 Å². The van der Waals surface area contributed by atoms with Gasteiger partial charge in [-0.05, 0) is 12.0 Å². The molecule has 0 bridgehead atoms. The molecule has 1 aliphatic rings. The molecule has 0 saturated heterocycles. The number of carbonyl (C=O) groups excluding carboxylic acids is 2. The summed E-state index contributed by atoms with van der Waals surface area (Å²) in [5.74, 6) is -2.07. The molecule has 0 aliphatic carbocycles. The number of hydrogen-bond acceptors (Lipinski definition) is 4. The van der Waals surface area contributed by atoms with Gasteiger partial charge in [-0.25, -0.2) is 0 Å². The first kappa shape index (κ1) is 15.5. The van der Waals surface area contributed by atoms with Crippen LogP contribution < -0.4 is 5.19 Å². The van der Waals surface area contributed by atoms with E-state index in [4.69, 9.17) is 9.47 Å². The highest BCUT2D eigenvalue weighted by atomic mass is 28.3. The van der Waals surface area contributed by atoms with Crippen LogP contribution in [0.5, 0.6) is 0 Å². The number of ether oxygens (including phenoxy) is 2. The van der Waals surface area contributed by atoms with Gasteiger partial charge >= 0.3 is 11.9 Å². The third kappa shape index (κ3) is 3.08. The van der Waals surface area contributed by atoms with Gasteiger partial charge in [0.2, 0.25) is 0 Å². The Morgan fingerprint density at radius 2 is 1.71 bits per heavy atom. The minimum Gasteiger partial charge on any atom is -0.468 e. The Labute approximate surface area is 125 Å². The largest absolute Gasteiger partial charge is 0.468 e. The zero-order valence-electron chi connectivity index (χ0n) is 12.5. The van der Waals surface area contributed by atoms with Crippen molar-refractivity contribution in [2.75, 3.05) is 14.2 Å². The Kier molecular flexibility index (Phi) is 4.62. The molecule has 2 atom stereocenters. The normalized spacial score (nSPS) is 24.1. The monoisotopic (exact) mass is 304 g/mol. The summed E-state index contributed by atoms with van der Waals surface area (Å²) in [6.07, 6.45) is 1.98. The van der Waals surface area contributed by atoms with Crippen molar-refractivity contribution in [3.63, 3.8) is 0 Å². The lowest BCUT2D eigenvalue weighted by atomic mass is 9.94. The first-order valence-electron chi connectivity index (χ1n) is 6.92. The molecule has 0 N–H and O–H groups in total. The Morgan fingerprint density at radius 1 is 1.14 bits per heavy atom. The topological polar surface area (TPSA) is 52.6 Å². The van der Waals surface area contributed by atoms with E-state index in [-0.39, 0.29) is 5.92 Å². The molecular weight excluding hydrogens is 284 g/mol. The number of allylic oxidation sites excluding steroid dienone is 1. The predicted molar refractivity (Wildman–Crippen MR) is 82.7 cm³/mol. The van der Waals surface area contributed by atoms with Crippen LogP contribution in [0, 0.1) is 11.8 Å². The summed E-state index contributed by atoms with van der Waals surface area (Å²) in [7, 11) is 0.791. The predicted octanol–water partition coefficient (Wildman–Crippen LogP) is 1.66. The molecule has 0 unspecified atom stereocenters. The van der Waals surface area contributed by atoms with E-state index in [0.717, 1.165) is 6.04 Å². The maximum Gasteiger partial charge on any atom is 0.320 e. The van der Waals surface area contributed by atoms with Gasteiger partial charge in [0, 0.05) is 0 Å². The summed E-state index contributed by atoms with van der Waals surface area (Å²) >= 11 is 0. The van der Waals surface area contributed by atoms with E-state index in [1.807, 2.05) is 24.3 Å². The van der Waals surface area contributed by atoms with Crippen LogP contribution in [0.15, 0.2) is 42.1 Å². The fourth-order valence-corrected chi connectivity index (χ4v) is 6.46. The minimum atomic E-state index is -1.80. The van der Waals surface area contributed by atoms with Crippen LogP contribution >= 0.6 is 0 Å². The van der Waals surface area contributed by atoms with Crippen molar-refractivity contribution in [2.24, 2.45) is 11.8 Å². The van der Waals surface area contributed by atoms with Crippen LogP contribution in [0.1, 0.15) is 0 Å². The molecule has 0 spiro atoms. The van der Waals surface area contributed by atoms with Gasteiger partial charge < -0.3 is 9.47 Å². The van der Waals surface area contributed by atoms with E-state index in [9.17, 15) is 9.59 Å². The van der Waals surface area contributed by atoms with Gasteiger partial charge in [-0.3, -0.25) is 9.59 Å². The van der Waals surface area contributed by atoms with Crippen molar-refractivity contribution >= 4 is 25.2 Å². The lowest BCUT2D eigenvalue weighted by Gasteiger charge is -2.24. The van der Waals surface area contributed by atoms with Crippen molar-refractivity contribution in [1.29, 1.82) is 0 Å². The summed E-state index contributed by atoms with van der Waals surface area (Å²) in [5, 5.41) is 1.30. The molecule has 0 amide bonds. The Morgan fingerprint density at radius 3 is 2.24 bits per heavy atom. The number of benzene rings is 1. The summed E-state index contributed by atoms with van der Waals surface area (Å²) in [6, 6.07) is 11.1. The fraction of sp³-hybridized carbons (Fsp3) is 0.375. The molecule has 4 nitrogen and oxygen atoms in total. The molecule has 2 rings (SSSR count). The van der Waals surface area contributed by atoms with Gasteiger partial charge in [-0.15, -0.1) is 0 Å². The zero-order valence-corrected chi connectivity index (χ0v) is 13.5.